The van der Waals surface area contributed by atoms with Crippen molar-refractivity contribution >= 4 is 0 Å². The molecule has 18 heavy (non-hydrogen) atoms. The number of rotatable bonds is 4. The molecule has 1 fully saturated rings. The first-order valence-electron chi connectivity index (χ1n) is 5.94. The van der Waals surface area contributed by atoms with Crippen LogP contribution in [0.2, 0.25) is 0 Å². The third kappa shape index (κ3) is 2.68. The summed E-state index contributed by atoms with van der Waals surface area (Å²) in [5.74, 6) is -1.32. The van der Waals surface area contributed by atoms with E-state index in [4.69, 9.17) is 4.74 Å². The van der Waals surface area contributed by atoms with Crippen molar-refractivity contribution in [2.24, 2.45) is 0 Å². The third-order valence-corrected chi connectivity index (χ3v) is 3.37. The quantitative estimate of drug-likeness (QED) is 0.887. The molecule has 1 aliphatic rings. The molecule has 0 radical (unpaired) electrons. The molecule has 0 bridgehead atoms. The van der Waals surface area contributed by atoms with Crippen molar-refractivity contribution < 1.29 is 18.6 Å². The number of aliphatic hydroxyl groups is 1. The maximum absolute atomic E-state index is 13.7. The van der Waals surface area contributed by atoms with Gasteiger partial charge in [-0.3, -0.25) is 4.90 Å². The number of β-amino-alcohol motifs (C(OH)–C–C–N with tert-alkyl or cyclic N) is 1. The van der Waals surface area contributed by atoms with Gasteiger partial charge in [0.2, 0.25) is 0 Å². The van der Waals surface area contributed by atoms with Crippen LogP contribution in [0, 0.1) is 11.6 Å². The van der Waals surface area contributed by atoms with Crippen LogP contribution in [0.25, 0.3) is 0 Å². The Bertz CT molecular complexity index is 427. The lowest BCUT2D eigenvalue weighted by Gasteiger charge is -2.24. The number of likely N-dealkylation sites (tertiary alicyclic amines) is 1. The van der Waals surface area contributed by atoms with Crippen LogP contribution < -0.4 is 0 Å². The largest absolute Gasteiger partial charge is 0.384 e. The van der Waals surface area contributed by atoms with Gasteiger partial charge in [0.15, 0.2) is 0 Å². The molecule has 1 aromatic carbocycles. The molecule has 100 valence electrons. The SMILES string of the molecule is COCCN1CCC(O)(c2ccc(F)cc2F)C1. The molecule has 5 heteroatoms. The van der Waals surface area contributed by atoms with Crippen molar-refractivity contribution in [2.75, 3.05) is 33.4 Å². The molecule has 2 rings (SSSR count). The lowest BCUT2D eigenvalue weighted by molar-refractivity contribution is 0.0394. The molecule has 0 amide bonds. The Hall–Kier alpha value is -1.04. The second-order valence-corrected chi connectivity index (χ2v) is 4.67. The van der Waals surface area contributed by atoms with Crippen LogP contribution in [0.15, 0.2) is 18.2 Å². The maximum atomic E-state index is 13.7. The highest BCUT2D eigenvalue weighted by molar-refractivity contribution is 5.26. The molecule has 1 unspecified atom stereocenters. The minimum Gasteiger partial charge on any atom is -0.384 e. The fourth-order valence-electron chi connectivity index (χ4n) is 2.37. The molecule has 0 saturated carbocycles. The van der Waals surface area contributed by atoms with E-state index in [2.05, 4.69) is 0 Å². The van der Waals surface area contributed by atoms with E-state index in [1.54, 1.807) is 7.11 Å². The molecule has 1 aromatic rings. The van der Waals surface area contributed by atoms with E-state index < -0.39 is 17.2 Å². The second-order valence-electron chi connectivity index (χ2n) is 4.67. The zero-order valence-corrected chi connectivity index (χ0v) is 10.3. The highest BCUT2D eigenvalue weighted by Gasteiger charge is 2.39. The van der Waals surface area contributed by atoms with Crippen LogP contribution >= 0.6 is 0 Å². The predicted octanol–water partition coefficient (Wildman–Crippen LogP) is 1.50. The molecule has 1 aliphatic heterocycles. The topological polar surface area (TPSA) is 32.7 Å². The van der Waals surface area contributed by atoms with Crippen LogP contribution in [0.4, 0.5) is 8.78 Å². The van der Waals surface area contributed by atoms with Gasteiger partial charge in [0, 0.05) is 38.4 Å². The summed E-state index contributed by atoms with van der Waals surface area (Å²) < 4.78 is 31.5. The molecule has 0 aromatic heterocycles. The summed E-state index contributed by atoms with van der Waals surface area (Å²) in [6, 6.07) is 3.31. The molecule has 0 spiro atoms. The Balaban J connectivity index is 2.12. The van der Waals surface area contributed by atoms with Gasteiger partial charge in [0.05, 0.1) is 6.61 Å². The Morgan fingerprint density at radius 2 is 2.22 bits per heavy atom. The summed E-state index contributed by atoms with van der Waals surface area (Å²) in [4.78, 5) is 2.01. The van der Waals surface area contributed by atoms with E-state index in [9.17, 15) is 13.9 Å². The van der Waals surface area contributed by atoms with Crippen molar-refractivity contribution in [2.45, 2.75) is 12.0 Å². The van der Waals surface area contributed by atoms with Crippen molar-refractivity contribution in [3.8, 4) is 0 Å². The maximum Gasteiger partial charge on any atom is 0.132 e. The first-order chi connectivity index (χ1) is 8.55. The zero-order chi connectivity index (χ0) is 13.2. The minimum absolute atomic E-state index is 0.170. The standard InChI is InChI=1S/C13H17F2NO2/c1-18-7-6-16-5-4-13(17,9-16)11-3-2-10(14)8-12(11)15/h2-3,8,17H,4-7,9H2,1H3. The molecule has 1 N–H and O–H groups in total. The molecule has 3 nitrogen and oxygen atoms in total. The molecular weight excluding hydrogens is 240 g/mol. The van der Waals surface area contributed by atoms with E-state index in [1.165, 1.54) is 12.1 Å². The average Bonchev–Trinajstić information content (AvgIpc) is 2.69. The Morgan fingerprint density at radius 1 is 1.44 bits per heavy atom. The van der Waals surface area contributed by atoms with Gasteiger partial charge in [0.25, 0.3) is 0 Å². The molecule has 1 saturated heterocycles. The van der Waals surface area contributed by atoms with Gasteiger partial charge in [0.1, 0.15) is 17.2 Å². The summed E-state index contributed by atoms with van der Waals surface area (Å²) in [6.45, 7) is 2.29. The van der Waals surface area contributed by atoms with E-state index in [0.29, 0.717) is 32.7 Å². The van der Waals surface area contributed by atoms with Gasteiger partial charge >= 0.3 is 0 Å². The lowest BCUT2D eigenvalue weighted by atomic mass is 9.92. The molecule has 1 heterocycles. The van der Waals surface area contributed by atoms with Gasteiger partial charge in [-0.15, -0.1) is 0 Å². The van der Waals surface area contributed by atoms with Gasteiger partial charge in [-0.2, -0.15) is 0 Å². The number of nitrogens with zero attached hydrogens (tertiary/aromatic N) is 1. The summed E-state index contributed by atoms with van der Waals surface area (Å²) in [7, 11) is 1.61. The zero-order valence-electron chi connectivity index (χ0n) is 10.3. The number of benzene rings is 1. The summed E-state index contributed by atoms with van der Waals surface area (Å²) in [5.41, 5.74) is -1.06. The summed E-state index contributed by atoms with van der Waals surface area (Å²) in [5, 5.41) is 10.5. The second kappa shape index (κ2) is 5.30. The summed E-state index contributed by atoms with van der Waals surface area (Å²) in [6.07, 6.45) is 0.444. The molecule has 1 atom stereocenters. The van der Waals surface area contributed by atoms with Gasteiger partial charge < -0.3 is 9.84 Å². The lowest BCUT2D eigenvalue weighted by Crippen LogP contribution is -2.33. The summed E-state index contributed by atoms with van der Waals surface area (Å²) >= 11 is 0. The third-order valence-electron chi connectivity index (χ3n) is 3.37. The Kier molecular flexibility index (Phi) is 3.94. The monoisotopic (exact) mass is 257 g/mol. The van der Waals surface area contributed by atoms with Gasteiger partial charge in [-0.1, -0.05) is 6.07 Å². The minimum atomic E-state index is -1.23. The van der Waals surface area contributed by atoms with Crippen molar-refractivity contribution in [3.05, 3.63) is 35.4 Å². The number of hydrogen-bond acceptors (Lipinski definition) is 3. The van der Waals surface area contributed by atoms with Crippen molar-refractivity contribution in [3.63, 3.8) is 0 Å². The van der Waals surface area contributed by atoms with E-state index in [-0.39, 0.29) is 5.56 Å². The normalized spacial score (nSPS) is 24.7. The number of methoxy groups -OCH3 is 1. The van der Waals surface area contributed by atoms with E-state index >= 15 is 0 Å². The smallest absolute Gasteiger partial charge is 0.132 e. The molecular formula is C13H17F2NO2. The van der Waals surface area contributed by atoms with Crippen LogP contribution in [0.3, 0.4) is 0 Å². The van der Waals surface area contributed by atoms with Crippen LogP contribution in [-0.2, 0) is 10.3 Å². The van der Waals surface area contributed by atoms with Gasteiger partial charge in [-0.25, -0.2) is 8.78 Å². The highest BCUT2D eigenvalue weighted by atomic mass is 19.1. The first-order valence-corrected chi connectivity index (χ1v) is 5.94. The van der Waals surface area contributed by atoms with Crippen LogP contribution in [0.5, 0.6) is 0 Å². The van der Waals surface area contributed by atoms with Crippen LogP contribution in [0.1, 0.15) is 12.0 Å². The Labute approximate surface area is 105 Å². The van der Waals surface area contributed by atoms with Crippen molar-refractivity contribution in [1.82, 2.24) is 4.90 Å². The number of hydrogen-bond donors (Lipinski definition) is 1. The van der Waals surface area contributed by atoms with Crippen molar-refractivity contribution in [1.29, 1.82) is 0 Å². The van der Waals surface area contributed by atoms with Crippen LogP contribution in [-0.4, -0.2) is 43.4 Å². The van der Waals surface area contributed by atoms with Gasteiger partial charge in [-0.05, 0) is 12.5 Å². The van der Waals surface area contributed by atoms with E-state index in [1.807, 2.05) is 4.90 Å². The average molecular weight is 257 g/mol. The number of ether oxygens (including phenoxy) is 1. The number of halogens is 2. The first kappa shape index (κ1) is 13.4. The molecule has 0 aliphatic carbocycles. The fraction of sp³-hybridized carbons (Fsp3) is 0.538. The highest BCUT2D eigenvalue weighted by Crippen LogP contribution is 2.33. The van der Waals surface area contributed by atoms with E-state index in [0.717, 1.165) is 6.07 Å². The Morgan fingerprint density at radius 3 is 2.89 bits per heavy atom. The predicted molar refractivity (Wildman–Crippen MR) is 63.2 cm³/mol. The fourth-order valence-corrected chi connectivity index (χ4v) is 2.37.